The molecule has 190 valence electrons. The minimum Gasteiger partial charge on any atom is -0.494 e. The second kappa shape index (κ2) is 10.5. The molecular weight excluding hydrogens is 452 g/mol. The third-order valence-electron chi connectivity index (χ3n) is 7.69. The van der Waals surface area contributed by atoms with Crippen molar-refractivity contribution < 1.29 is 19.1 Å². The number of anilines is 1. The number of ketones is 1. The molecule has 3 aliphatic rings. The summed E-state index contributed by atoms with van der Waals surface area (Å²) in [6.07, 6.45) is 7.01. The van der Waals surface area contributed by atoms with Gasteiger partial charge >= 0.3 is 0 Å². The Labute approximate surface area is 213 Å². The van der Waals surface area contributed by atoms with Gasteiger partial charge in [0.25, 0.3) is 5.91 Å². The molecule has 6 nitrogen and oxygen atoms in total. The van der Waals surface area contributed by atoms with Crippen molar-refractivity contribution in [2.24, 2.45) is 11.8 Å². The van der Waals surface area contributed by atoms with Crippen molar-refractivity contribution in [3.8, 4) is 5.75 Å². The maximum Gasteiger partial charge on any atom is 0.295 e. The van der Waals surface area contributed by atoms with Gasteiger partial charge in [-0.2, -0.15) is 0 Å². The molecule has 36 heavy (non-hydrogen) atoms. The first-order chi connectivity index (χ1) is 17.5. The van der Waals surface area contributed by atoms with E-state index in [0.717, 1.165) is 49.1 Å². The van der Waals surface area contributed by atoms with Gasteiger partial charge in [-0.05, 0) is 68.4 Å². The number of Topliss-reactive ketones (excluding diaryl/α,β-unsaturated/α-hetero) is 1. The minimum atomic E-state index is -0.564. The maximum atomic E-state index is 13.9. The number of hydrogen-bond donors (Lipinski definition) is 0. The first kappa shape index (κ1) is 24.5. The standard InChI is InChI=1S/C30H36N2O4/c1-4-5-6-7-17-35-22-14-12-21(13-15-22)27-26-28(33)23-18-19(2)11-16-24(23)36-29(26)30(34)32(27)25-10-8-9-20(3)31-25/h8-10,12-15,19,23-24,27H,4-7,11,16-18H2,1-3H3. The predicted octanol–water partition coefficient (Wildman–Crippen LogP) is 6.10. The number of carbonyl (C=O) groups excluding carboxylic acids is 2. The van der Waals surface area contributed by atoms with Crippen molar-refractivity contribution in [1.29, 1.82) is 0 Å². The lowest BCUT2D eigenvalue weighted by Gasteiger charge is -2.37. The van der Waals surface area contributed by atoms with E-state index >= 15 is 0 Å². The number of unbranched alkanes of at least 4 members (excludes halogenated alkanes) is 3. The summed E-state index contributed by atoms with van der Waals surface area (Å²) in [5, 5.41) is 0. The minimum absolute atomic E-state index is 0.0533. The summed E-state index contributed by atoms with van der Waals surface area (Å²) in [7, 11) is 0. The molecule has 0 N–H and O–H groups in total. The lowest BCUT2D eigenvalue weighted by molar-refractivity contribution is -0.132. The van der Waals surface area contributed by atoms with Crippen LogP contribution in [0.15, 0.2) is 53.8 Å². The first-order valence-electron chi connectivity index (χ1n) is 13.4. The SMILES string of the molecule is CCCCCCOc1ccc(C2C3=C(OC4CCC(C)CC4C3=O)C(=O)N2c2cccc(C)n2)cc1. The van der Waals surface area contributed by atoms with E-state index in [0.29, 0.717) is 23.9 Å². The van der Waals surface area contributed by atoms with E-state index in [-0.39, 0.29) is 29.5 Å². The van der Waals surface area contributed by atoms with Gasteiger partial charge in [-0.25, -0.2) is 4.98 Å². The highest BCUT2D eigenvalue weighted by atomic mass is 16.5. The number of aryl methyl sites for hydroxylation is 1. The number of aromatic nitrogens is 1. The van der Waals surface area contributed by atoms with E-state index in [2.05, 4.69) is 18.8 Å². The summed E-state index contributed by atoms with van der Waals surface area (Å²) < 4.78 is 12.2. The molecule has 1 aliphatic carbocycles. The number of fused-ring (bicyclic) bond motifs is 1. The monoisotopic (exact) mass is 488 g/mol. The Kier molecular flexibility index (Phi) is 7.13. The maximum absolute atomic E-state index is 13.9. The van der Waals surface area contributed by atoms with Gasteiger partial charge in [0.15, 0.2) is 11.5 Å². The second-order valence-electron chi connectivity index (χ2n) is 10.5. The van der Waals surface area contributed by atoms with Crippen LogP contribution in [0.2, 0.25) is 0 Å². The number of rotatable bonds is 8. The number of carbonyl (C=O) groups is 2. The molecule has 0 bridgehead atoms. The average molecular weight is 489 g/mol. The molecule has 1 aromatic carbocycles. The number of pyridine rings is 1. The van der Waals surface area contributed by atoms with Crippen molar-refractivity contribution >= 4 is 17.5 Å². The molecule has 0 spiro atoms. The number of benzene rings is 1. The summed E-state index contributed by atoms with van der Waals surface area (Å²) in [4.78, 5) is 33.9. The van der Waals surface area contributed by atoms with Gasteiger partial charge in [-0.15, -0.1) is 0 Å². The molecule has 5 rings (SSSR count). The highest BCUT2D eigenvalue weighted by molar-refractivity contribution is 6.17. The van der Waals surface area contributed by atoms with Gasteiger partial charge < -0.3 is 9.47 Å². The zero-order valence-electron chi connectivity index (χ0n) is 21.5. The van der Waals surface area contributed by atoms with Gasteiger partial charge in [0.2, 0.25) is 0 Å². The molecule has 1 aromatic heterocycles. The third-order valence-corrected chi connectivity index (χ3v) is 7.69. The number of nitrogens with zero attached hydrogens (tertiary/aromatic N) is 2. The van der Waals surface area contributed by atoms with E-state index < -0.39 is 6.04 Å². The van der Waals surface area contributed by atoms with Gasteiger partial charge in [-0.3, -0.25) is 14.5 Å². The summed E-state index contributed by atoms with van der Waals surface area (Å²) in [6, 6.07) is 12.8. The average Bonchev–Trinajstić information content (AvgIpc) is 3.17. The summed E-state index contributed by atoms with van der Waals surface area (Å²) in [6.45, 7) is 6.97. The van der Waals surface area contributed by atoms with Gasteiger partial charge in [0.05, 0.1) is 24.1 Å². The predicted molar refractivity (Wildman–Crippen MR) is 139 cm³/mol. The van der Waals surface area contributed by atoms with Crippen LogP contribution in [-0.4, -0.2) is 29.4 Å². The van der Waals surface area contributed by atoms with Crippen molar-refractivity contribution in [2.45, 2.75) is 77.9 Å². The van der Waals surface area contributed by atoms with E-state index in [4.69, 9.17) is 9.47 Å². The molecule has 2 aliphatic heterocycles. The van der Waals surface area contributed by atoms with Crippen molar-refractivity contribution in [1.82, 2.24) is 4.98 Å². The Morgan fingerprint density at radius 2 is 1.86 bits per heavy atom. The Hall–Kier alpha value is -3.15. The summed E-state index contributed by atoms with van der Waals surface area (Å²) in [5.41, 5.74) is 2.15. The molecular formula is C30H36N2O4. The Morgan fingerprint density at radius 1 is 1.06 bits per heavy atom. The number of amides is 1. The van der Waals surface area contributed by atoms with Crippen LogP contribution in [0.25, 0.3) is 0 Å². The Bertz CT molecular complexity index is 1160. The van der Waals surface area contributed by atoms with Gasteiger partial charge in [-0.1, -0.05) is 51.3 Å². The van der Waals surface area contributed by atoms with Crippen molar-refractivity contribution in [3.05, 3.63) is 65.1 Å². The lowest BCUT2D eigenvalue weighted by Crippen LogP contribution is -2.41. The van der Waals surface area contributed by atoms with Crippen LogP contribution >= 0.6 is 0 Å². The smallest absolute Gasteiger partial charge is 0.295 e. The normalized spacial score (nSPS) is 25.5. The van der Waals surface area contributed by atoms with E-state index in [1.807, 2.05) is 49.4 Å². The van der Waals surface area contributed by atoms with Crippen molar-refractivity contribution in [2.75, 3.05) is 11.5 Å². The van der Waals surface area contributed by atoms with Crippen molar-refractivity contribution in [3.63, 3.8) is 0 Å². The first-order valence-corrected chi connectivity index (χ1v) is 13.4. The molecule has 0 radical (unpaired) electrons. The lowest BCUT2D eigenvalue weighted by atomic mass is 9.74. The van der Waals surface area contributed by atoms with Crippen LogP contribution in [0.5, 0.6) is 5.75 Å². The fourth-order valence-electron chi connectivity index (χ4n) is 5.76. The van der Waals surface area contributed by atoms with Crippen LogP contribution in [0.3, 0.4) is 0 Å². The van der Waals surface area contributed by atoms with Crippen LogP contribution in [0.1, 0.15) is 76.1 Å². The molecule has 4 atom stereocenters. The van der Waals surface area contributed by atoms with Gasteiger partial charge in [0.1, 0.15) is 17.7 Å². The molecule has 1 saturated carbocycles. The third kappa shape index (κ3) is 4.65. The van der Waals surface area contributed by atoms with Crippen LogP contribution in [0, 0.1) is 18.8 Å². The molecule has 1 amide bonds. The molecule has 4 unspecified atom stereocenters. The number of hydrogen-bond acceptors (Lipinski definition) is 5. The molecule has 6 heteroatoms. The highest BCUT2D eigenvalue weighted by Crippen LogP contribution is 2.48. The zero-order valence-corrected chi connectivity index (χ0v) is 21.5. The zero-order chi connectivity index (χ0) is 25.2. The molecule has 3 heterocycles. The fraction of sp³-hybridized carbons (Fsp3) is 0.500. The Morgan fingerprint density at radius 3 is 2.61 bits per heavy atom. The molecule has 0 saturated heterocycles. The van der Waals surface area contributed by atoms with Crippen LogP contribution in [0.4, 0.5) is 5.82 Å². The van der Waals surface area contributed by atoms with Gasteiger partial charge in [0, 0.05) is 5.69 Å². The van der Waals surface area contributed by atoms with E-state index in [1.165, 1.54) is 12.8 Å². The van der Waals surface area contributed by atoms with E-state index in [1.54, 1.807) is 4.90 Å². The topological polar surface area (TPSA) is 68.7 Å². The molecule has 2 aromatic rings. The summed E-state index contributed by atoms with van der Waals surface area (Å²) in [5.74, 6) is 1.58. The number of ether oxygens (including phenoxy) is 2. The summed E-state index contributed by atoms with van der Waals surface area (Å²) >= 11 is 0. The quantitative estimate of drug-likeness (QED) is 0.420. The van der Waals surface area contributed by atoms with Crippen LogP contribution in [-0.2, 0) is 14.3 Å². The highest BCUT2D eigenvalue weighted by Gasteiger charge is 2.53. The van der Waals surface area contributed by atoms with E-state index in [9.17, 15) is 9.59 Å². The Balaban J connectivity index is 1.47. The fourth-order valence-corrected chi connectivity index (χ4v) is 5.76. The van der Waals surface area contributed by atoms with Crippen LogP contribution < -0.4 is 9.64 Å². The molecule has 1 fully saturated rings. The second-order valence-corrected chi connectivity index (χ2v) is 10.5. The largest absolute Gasteiger partial charge is 0.494 e.